The average Bonchev–Trinajstić information content (AvgIpc) is 2.01. The summed E-state index contributed by atoms with van der Waals surface area (Å²) < 4.78 is 0. The predicted octanol–water partition coefficient (Wildman–Crippen LogP) is 2.10. The lowest BCUT2D eigenvalue weighted by molar-refractivity contribution is -0.121. The van der Waals surface area contributed by atoms with Crippen molar-refractivity contribution >= 4 is 5.78 Å². The van der Waals surface area contributed by atoms with Crippen LogP contribution < -0.4 is 0 Å². The van der Waals surface area contributed by atoms with E-state index in [0.29, 0.717) is 6.42 Å². The van der Waals surface area contributed by atoms with Gasteiger partial charge in [0.2, 0.25) is 0 Å². The standard InChI is InChI=1S/C11H12O/c1-4-7-11(3)8-5-6-9(2)10(11)12/h1,5-6,8H,7H2,2-3H3. The number of hydrogen-bond donors (Lipinski definition) is 0. The summed E-state index contributed by atoms with van der Waals surface area (Å²) in [5.74, 6) is 2.67. The van der Waals surface area contributed by atoms with Gasteiger partial charge in [-0.2, -0.15) is 0 Å². The van der Waals surface area contributed by atoms with Crippen molar-refractivity contribution < 1.29 is 4.79 Å². The van der Waals surface area contributed by atoms with Crippen molar-refractivity contribution in [2.45, 2.75) is 20.3 Å². The SMILES string of the molecule is C#CCC1(C)C=CC=C(C)C1=O. The van der Waals surface area contributed by atoms with E-state index in [0.717, 1.165) is 5.57 Å². The molecule has 0 radical (unpaired) electrons. The number of carbonyl (C=O) groups excluding carboxylic acids is 1. The minimum Gasteiger partial charge on any atom is -0.294 e. The van der Waals surface area contributed by atoms with Crippen LogP contribution in [0.1, 0.15) is 20.3 Å². The van der Waals surface area contributed by atoms with E-state index in [2.05, 4.69) is 5.92 Å². The second-order valence-electron chi connectivity index (χ2n) is 3.34. The average molecular weight is 160 g/mol. The topological polar surface area (TPSA) is 17.1 Å². The molecule has 1 nitrogen and oxygen atoms in total. The van der Waals surface area contributed by atoms with Gasteiger partial charge >= 0.3 is 0 Å². The number of hydrogen-bond acceptors (Lipinski definition) is 1. The highest BCUT2D eigenvalue weighted by atomic mass is 16.1. The summed E-state index contributed by atoms with van der Waals surface area (Å²) in [4.78, 5) is 11.6. The Morgan fingerprint density at radius 1 is 1.67 bits per heavy atom. The summed E-state index contributed by atoms with van der Waals surface area (Å²) in [6, 6.07) is 0. The van der Waals surface area contributed by atoms with Crippen LogP contribution in [0.4, 0.5) is 0 Å². The minimum absolute atomic E-state index is 0.142. The van der Waals surface area contributed by atoms with Gasteiger partial charge in [0.25, 0.3) is 0 Å². The third-order valence-corrected chi connectivity index (χ3v) is 2.16. The number of ketones is 1. The van der Waals surface area contributed by atoms with E-state index in [1.54, 1.807) is 0 Å². The molecule has 0 aromatic carbocycles. The summed E-state index contributed by atoms with van der Waals surface area (Å²) in [6.07, 6.45) is 11.3. The summed E-state index contributed by atoms with van der Waals surface area (Å²) >= 11 is 0. The van der Waals surface area contributed by atoms with Crippen molar-refractivity contribution in [2.24, 2.45) is 5.41 Å². The highest BCUT2D eigenvalue weighted by molar-refractivity contribution is 6.01. The number of carbonyl (C=O) groups is 1. The molecule has 0 saturated carbocycles. The van der Waals surface area contributed by atoms with Crippen LogP contribution >= 0.6 is 0 Å². The third kappa shape index (κ3) is 1.33. The molecule has 0 bridgehead atoms. The Morgan fingerprint density at radius 2 is 2.33 bits per heavy atom. The summed E-state index contributed by atoms with van der Waals surface area (Å²) in [7, 11) is 0. The van der Waals surface area contributed by atoms with Gasteiger partial charge in [-0.15, -0.1) is 12.3 Å². The van der Waals surface area contributed by atoms with Gasteiger partial charge in [-0.25, -0.2) is 0 Å². The molecule has 0 amide bonds. The molecule has 12 heavy (non-hydrogen) atoms. The predicted molar refractivity (Wildman–Crippen MR) is 49.5 cm³/mol. The summed E-state index contributed by atoms with van der Waals surface area (Å²) in [5.41, 5.74) is 0.323. The highest BCUT2D eigenvalue weighted by Crippen LogP contribution is 2.30. The van der Waals surface area contributed by atoms with Crippen molar-refractivity contribution in [3.05, 3.63) is 23.8 Å². The quantitative estimate of drug-likeness (QED) is 0.537. The molecule has 62 valence electrons. The Bertz CT molecular complexity index is 301. The van der Waals surface area contributed by atoms with Gasteiger partial charge in [0.15, 0.2) is 5.78 Å². The number of terminal acetylenes is 1. The highest BCUT2D eigenvalue weighted by Gasteiger charge is 2.31. The lowest BCUT2D eigenvalue weighted by atomic mass is 9.77. The fourth-order valence-electron chi connectivity index (χ4n) is 1.36. The second-order valence-corrected chi connectivity index (χ2v) is 3.34. The van der Waals surface area contributed by atoms with Gasteiger partial charge < -0.3 is 0 Å². The van der Waals surface area contributed by atoms with E-state index < -0.39 is 5.41 Å². The van der Waals surface area contributed by atoms with Gasteiger partial charge in [-0.1, -0.05) is 18.2 Å². The molecule has 1 aliphatic carbocycles. The van der Waals surface area contributed by atoms with Crippen LogP contribution in [-0.4, -0.2) is 5.78 Å². The molecule has 1 unspecified atom stereocenters. The Kier molecular flexibility index (Phi) is 2.19. The first-order valence-corrected chi connectivity index (χ1v) is 3.94. The normalized spacial score (nSPS) is 28.1. The Balaban J connectivity index is 2.97. The molecule has 1 heteroatoms. The minimum atomic E-state index is -0.465. The van der Waals surface area contributed by atoms with E-state index in [4.69, 9.17) is 6.42 Å². The third-order valence-electron chi connectivity index (χ3n) is 2.16. The fraction of sp³-hybridized carbons (Fsp3) is 0.364. The maximum absolute atomic E-state index is 11.6. The van der Waals surface area contributed by atoms with E-state index in [-0.39, 0.29) is 5.78 Å². The smallest absolute Gasteiger partial charge is 0.169 e. The van der Waals surface area contributed by atoms with E-state index >= 15 is 0 Å². The van der Waals surface area contributed by atoms with Gasteiger partial charge in [0, 0.05) is 6.42 Å². The van der Waals surface area contributed by atoms with Crippen LogP contribution in [0.2, 0.25) is 0 Å². The molecule has 0 aromatic heterocycles. The van der Waals surface area contributed by atoms with Crippen molar-refractivity contribution in [1.29, 1.82) is 0 Å². The maximum Gasteiger partial charge on any atom is 0.169 e. The maximum atomic E-state index is 11.6. The van der Waals surface area contributed by atoms with Crippen LogP contribution in [0.3, 0.4) is 0 Å². The van der Waals surface area contributed by atoms with Gasteiger partial charge in [0.05, 0.1) is 5.41 Å². The molecule has 1 aliphatic rings. The molecule has 0 saturated heterocycles. The van der Waals surface area contributed by atoms with Crippen LogP contribution in [0.15, 0.2) is 23.8 Å². The van der Waals surface area contributed by atoms with Crippen LogP contribution in [0.5, 0.6) is 0 Å². The Labute approximate surface area is 73.2 Å². The molecule has 0 fully saturated rings. The molecule has 0 aliphatic heterocycles. The summed E-state index contributed by atoms with van der Waals surface area (Å²) in [6.45, 7) is 3.70. The second kappa shape index (κ2) is 2.98. The molecular weight excluding hydrogens is 148 g/mol. The molecule has 1 rings (SSSR count). The molecule has 1 atom stereocenters. The molecular formula is C11H12O. The van der Waals surface area contributed by atoms with Crippen LogP contribution in [0.25, 0.3) is 0 Å². The van der Waals surface area contributed by atoms with E-state index in [1.807, 2.05) is 32.1 Å². The Hall–Kier alpha value is -1.29. The zero-order valence-electron chi connectivity index (χ0n) is 7.42. The molecule has 0 N–H and O–H groups in total. The first-order valence-electron chi connectivity index (χ1n) is 3.94. The van der Waals surface area contributed by atoms with Crippen LogP contribution in [-0.2, 0) is 4.79 Å². The lowest BCUT2D eigenvalue weighted by Crippen LogP contribution is -2.27. The monoisotopic (exact) mass is 160 g/mol. The first kappa shape index (κ1) is 8.80. The number of rotatable bonds is 1. The van der Waals surface area contributed by atoms with Crippen molar-refractivity contribution in [3.63, 3.8) is 0 Å². The van der Waals surface area contributed by atoms with Crippen molar-refractivity contribution in [1.82, 2.24) is 0 Å². The molecule has 0 heterocycles. The van der Waals surface area contributed by atoms with Gasteiger partial charge in [-0.05, 0) is 19.4 Å². The zero-order valence-corrected chi connectivity index (χ0v) is 7.42. The Morgan fingerprint density at radius 3 is 2.92 bits per heavy atom. The molecule has 0 spiro atoms. The number of Topliss-reactive ketones (excluding diaryl/α,β-unsaturated/α-hetero) is 1. The van der Waals surface area contributed by atoms with Gasteiger partial charge in [0.1, 0.15) is 0 Å². The van der Waals surface area contributed by atoms with Crippen molar-refractivity contribution in [2.75, 3.05) is 0 Å². The van der Waals surface area contributed by atoms with Crippen LogP contribution in [0, 0.1) is 17.8 Å². The fourth-order valence-corrected chi connectivity index (χ4v) is 1.36. The largest absolute Gasteiger partial charge is 0.294 e. The van der Waals surface area contributed by atoms with E-state index in [1.165, 1.54) is 0 Å². The summed E-state index contributed by atoms with van der Waals surface area (Å²) in [5, 5.41) is 0. The lowest BCUT2D eigenvalue weighted by Gasteiger charge is -2.24. The van der Waals surface area contributed by atoms with Gasteiger partial charge in [-0.3, -0.25) is 4.79 Å². The van der Waals surface area contributed by atoms with E-state index in [9.17, 15) is 4.79 Å². The van der Waals surface area contributed by atoms with Crippen molar-refractivity contribution in [3.8, 4) is 12.3 Å². The number of allylic oxidation sites excluding steroid dienone is 4. The first-order chi connectivity index (χ1) is 5.60. The zero-order chi connectivity index (χ0) is 9.19. The molecule has 0 aromatic rings.